The molecular weight excluding hydrogens is 253 g/mol. The van der Waals surface area contributed by atoms with E-state index in [9.17, 15) is 4.39 Å². The molecule has 0 aliphatic carbocycles. The van der Waals surface area contributed by atoms with Crippen LogP contribution >= 0.6 is 0 Å². The van der Waals surface area contributed by atoms with Gasteiger partial charge in [0.05, 0.1) is 0 Å². The fraction of sp³-hybridized carbons (Fsp3) is 0.294. The van der Waals surface area contributed by atoms with Crippen LogP contribution < -0.4 is 10.5 Å². The van der Waals surface area contributed by atoms with Gasteiger partial charge >= 0.3 is 0 Å². The van der Waals surface area contributed by atoms with Gasteiger partial charge in [0.2, 0.25) is 0 Å². The lowest BCUT2D eigenvalue weighted by Gasteiger charge is -2.15. The van der Waals surface area contributed by atoms with Crippen LogP contribution in [0.4, 0.5) is 4.39 Å². The van der Waals surface area contributed by atoms with Gasteiger partial charge in [-0.15, -0.1) is 0 Å². The summed E-state index contributed by atoms with van der Waals surface area (Å²) in [7, 11) is 0. The lowest BCUT2D eigenvalue weighted by molar-refractivity contribution is 0.431. The van der Waals surface area contributed by atoms with E-state index in [1.54, 1.807) is 6.07 Å². The molecule has 1 unspecified atom stereocenters. The summed E-state index contributed by atoms with van der Waals surface area (Å²) in [5, 5.41) is 0. The second-order valence-electron chi connectivity index (χ2n) is 5.28. The summed E-state index contributed by atoms with van der Waals surface area (Å²) in [5.41, 5.74) is 8.66. The smallest absolute Gasteiger partial charge is 0.166 e. The number of hydrogen-bond acceptors (Lipinski definition) is 2. The maximum atomic E-state index is 14.1. The highest BCUT2D eigenvalue weighted by molar-refractivity contribution is 5.43. The van der Waals surface area contributed by atoms with Crippen molar-refractivity contribution in [3.05, 3.63) is 58.9 Å². The van der Waals surface area contributed by atoms with E-state index >= 15 is 0 Å². The van der Waals surface area contributed by atoms with Gasteiger partial charge in [-0.05, 0) is 56.0 Å². The minimum Gasteiger partial charge on any atom is -0.454 e. The van der Waals surface area contributed by atoms with Gasteiger partial charge in [-0.3, -0.25) is 0 Å². The molecule has 0 saturated heterocycles. The van der Waals surface area contributed by atoms with Crippen LogP contribution in [0.25, 0.3) is 0 Å². The van der Waals surface area contributed by atoms with Crippen molar-refractivity contribution in [2.75, 3.05) is 0 Å². The van der Waals surface area contributed by atoms with E-state index in [4.69, 9.17) is 10.5 Å². The molecule has 3 heteroatoms. The summed E-state index contributed by atoms with van der Waals surface area (Å²) in [6.07, 6.45) is 0.581. The standard InChI is InChI=1S/C17H20FNO/c1-11-7-8-12(2)16(9-11)20-17-14(10-13(3)19)5-4-6-15(17)18/h4-9,13H,10,19H2,1-3H3. The van der Waals surface area contributed by atoms with Crippen LogP contribution in [-0.4, -0.2) is 6.04 Å². The van der Waals surface area contributed by atoms with E-state index in [0.717, 1.165) is 16.7 Å². The first-order valence-electron chi connectivity index (χ1n) is 6.75. The van der Waals surface area contributed by atoms with E-state index < -0.39 is 0 Å². The number of nitrogens with two attached hydrogens (primary N) is 1. The fourth-order valence-electron chi connectivity index (χ4n) is 2.10. The highest BCUT2D eigenvalue weighted by Gasteiger charge is 2.13. The summed E-state index contributed by atoms with van der Waals surface area (Å²) in [5.74, 6) is 0.601. The number of halogens is 1. The predicted octanol–water partition coefficient (Wildman–Crippen LogP) is 4.12. The summed E-state index contributed by atoms with van der Waals surface area (Å²) < 4.78 is 19.9. The van der Waals surface area contributed by atoms with Gasteiger partial charge in [0.25, 0.3) is 0 Å². The summed E-state index contributed by atoms with van der Waals surface area (Å²) >= 11 is 0. The molecule has 0 fully saturated rings. The highest BCUT2D eigenvalue weighted by atomic mass is 19.1. The number of rotatable bonds is 4. The lowest BCUT2D eigenvalue weighted by Crippen LogP contribution is -2.18. The van der Waals surface area contributed by atoms with Gasteiger partial charge in [-0.25, -0.2) is 4.39 Å². The molecule has 1 atom stereocenters. The number of ether oxygens (including phenoxy) is 1. The van der Waals surface area contributed by atoms with Gasteiger partial charge < -0.3 is 10.5 Å². The Kier molecular flexibility index (Phi) is 4.40. The number of aryl methyl sites for hydroxylation is 2. The van der Waals surface area contributed by atoms with Crippen LogP contribution in [0.1, 0.15) is 23.6 Å². The third-order valence-corrected chi connectivity index (χ3v) is 3.15. The van der Waals surface area contributed by atoms with Crippen molar-refractivity contribution in [3.63, 3.8) is 0 Å². The molecule has 0 saturated carbocycles. The molecular formula is C17H20FNO. The molecule has 0 bridgehead atoms. The third kappa shape index (κ3) is 3.36. The van der Waals surface area contributed by atoms with Crippen molar-refractivity contribution < 1.29 is 9.13 Å². The van der Waals surface area contributed by atoms with Crippen molar-refractivity contribution in [2.45, 2.75) is 33.2 Å². The zero-order valence-electron chi connectivity index (χ0n) is 12.1. The van der Waals surface area contributed by atoms with Crippen LogP contribution in [0, 0.1) is 19.7 Å². The Morgan fingerprint density at radius 3 is 2.65 bits per heavy atom. The number of para-hydroxylation sites is 1. The van der Waals surface area contributed by atoms with Gasteiger partial charge in [0.15, 0.2) is 11.6 Å². The van der Waals surface area contributed by atoms with Crippen LogP contribution in [-0.2, 0) is 6.42 Å². The molecule has 0 amide bonds. The molecule has 0 aliphatic rings. The first-order chi connectivity index (χ1) is 9.47. The summed E-state index contributed by atoms with van der Waals surface area (Å²) in [4.78, 5) is 0. The SMILES string of the molecule is Cc1ccc(C)c(Oc2c(F)cccc2CC(C)N)c1. The quantitative estimate of drug-likeness (QED) is 0.909. The van der Waals surface area contributed by atoms with Crippen LogP contribution in [0.15, 0.2) is 36.4 Å². The van der Waals surface area contributed by atoms with Gasteiger partial charge in [0.1, 0.15) is 5.75 Å². The topological polar surface area (TPSA) is 35.2 Å². The number of benzene rings is 2. The molecule has 2 nitrogen and oxygen atoms in total. The minimum absolute atomic E-state index is 0.0437. The molecule has 20 heavy (non-hydrogen) atoms. The normalized spacial score (nSPS) is 12.2. The number of hydrogen-bond donors (Lipinski definition) is 1. The van der Waals surface area contributed by atoms with Gasteiger partial charge in [0, 0.05) is 6.04 Å². The molecule has 2 aromatic rings. The van der Waals surface area contributed by atoms with E-state index in [1.165, 1.54) is 6.07 Å². The fourth-order valence-corrected chi connectivity index (χ4v) is 2.10. The summed E-state index contributed by atoms with van der Waals surface area (Å²) in [6, 6.07) is 10.8. The average Bonchev–Trinajstić information content (AvgIpc) is 2.37. The Labute approximate surface area is 119 Å². The van der Waals surface area contributed by atoms with E-state index in [2.05, 4.69) is 0 Å². The van der Waals surface area contributed by atoms with E-state index in [1.807, 2.05) is 45.0 Å². The third-order valence-electron chi connectivity index (χ3n) is 3.15. The first-order valence-corrected chi connectivity index (χ1v) is 6.75. The predicted molar refractivity (Wildman–Crippen MR) is 79.7 cm³/mol. The van der Waals surface area contributed by atoms with E-state index in [-0.39, 0.29) is 17.6 Å². The highest BCUT2D eigenvalue weighted by Crippen LogP contribution is 2.31. The van der Waals surface area contributed by atoms with Crippen LogP contribution in [0.3, 0.4) is 0 Å². The second-order valence-corrected chi connectivity index (χ2v) is 5.28. The maximum absolute atomic E-state index is 14.1. The van der Waals surface area contributed by atoms with Crippen LogP contribution in [0.5, 0.6) is 11.5 Å². The molecule has 2 rings (SSSR count). The first kappa shape index (κ1) is 14.5. The molecule has 0 heterocycles. The Bertz CT molecular complexity index is 608. The molecule has 106 valence electrons. The molecule has 0 radical (unpaired) electrons. The maximum Gasteiger partial charge on any atom is 0.166 e. The zero-order chi connectivity index (χ0) is 14.7. The Morgan fingerprint density at radius 2 is 1.95 bits per heavy atom. The van der Waals surface area contributed by atoms with Crippen molar-refractivity contribution in [1.29, 1.82) is 0 Å². The molecule has 0 aliphatic heterocycles. The molecule has 2 aromatic carbocycles. The lowest BCUT2D eigenvalue weighted by atomic mass is 10.1. The van der Waals surface area contributed by atoms with Gasteiger partial charge in [-0.1, -0.05) is 24.3 Å². The average molecular weight is 273 g/mol. The zero-order valence-corrected chi connectivity index (χ0v) is 12.1. The second kappa shape index (κ2) is 6.06. The Hall–Kier alpha value is -1.87. The van der Waals surface area contributed by atoms with Crippen molar-refractivity contribution in [2.24, 2.45) is 5.73 Å². The Balaban J connectivity index is 2.39. The van der Waals surface area contributed by atoms with Crippen molar-refractivity contribution in [1.82, 2.24) is 0 Å². The molecule has 0 aromatic heterocycles. The minimum atomic E-state index is -0.357. The Morgan fingerprint density at radius 1 is 1.20 bits per heavy atom. The van der Waals surface area contributed by atoms with E-state index in [0.29, 0.717) is 12.2 Å². The summed E-state index contributed by atoms with van der Waals surface area (Å²) in [6.45, 7) is 5.82. The molecule has 0 spiro atoms. The van der Waals surface area contributed by atoms with Gasteiger partial charge in [-0.2, -0.15) is 0 Å². The van der Waals surface area contributed by atoms with Crippen LogP contribution in [0.2, 0.25) is 0 Å². The largest absolute Gasteiger partial charge is 0.454 e. The van der Waals surface area contributed by atoms with Crippen molar-refractivity contribution in [3.8, 4) is 11.5 Å². The molecule has 2 N–H and O–H groups in total. The van der Waals surface area contributed by atoms with Crippen molar-refractivity contribution >= 4 is 0 Å². The monoisotopic (exact) mass is 273 g/mol.